The maximum absolute atomic E-state index is 9.85. The van der Waals surface area contributed by atoms with E-state index in [0.717, 1.165) is 25.2 Å². The number of rotatable bonds is 2. The number of fused-ring (bicyclic) bond motifs is 1. The predicted molar refractivity (Wildman–Crippen MR) is 85.9 cm³/mol. The lowest BCUT2D eigenvalue weighted by Gasteiger charge is -2.31. The standard InChI is InChI=1S/C15H17N7O/c16-14-13(15-17-4-2-6-22(15)20-14)11-7-12(19-9-18-11)21-5-1-3-10(23)8-21/h2,4,6-7,9-10,23H,1,3,5,8H2,(H2,16,20). The first kappa shape index (κ1) is 13.9. The van der Waals surface area contributed by atoms with Crippen LogP contribution in [0.3, 0.4) is 0 Å². The second-order valence-corrected chi connectivity index (χ2v) is 5.65. The van der Waals surface area contributed by atoms with E-state index in [1.165, 1.54) is 6.33 Å². The first-order chi connectivity index (χ1) is 11.2. The van der Waals surface area contributed by atoms with Crippen LogP contribution in [0.4, 0.5) is 11.6 Å². The summed E-state index contributed by atoms with van der Waals surface area (Å²) in [6.45, 7) is 1.45. The molecule has 0 aliphatic carbocycles. The van der Waals surface area contributed by atoms with Crippen molar-refractivity contribution >= 4 is 17.3 Å². The van der Waals surface area contributed by atoms with Crippen molar-refractivity contribution in [3.63, 3.8) is 0 Å². The average molecular weight is 311 g/mol. The molecule has 0 saturated carbocycles. The van der Waals surface area contributed by atoms with E-state index in [0.29, 0.717) is 29.3 Å². The minimum atomic E-state index is -0.314. The topological polar surface area (TPSA) is 105 Å². The number of piperidine rings is 1. The number of aliphatic hydroxyl groups is 1. The van der Waals surface area contributed by atoms with Crippen LogP contribution in [0.5, 0.6) is 0 Å². The van der Waals surface area contributed by atoms with E-state index in [1.54, 1.807) is 23.0 Å². The van der Waals surface area contributed by atoms with Gasteiger partial charge in [0.15, 0.2) is 11.5 Å². The van der Waals surface area contributed by atoms with Gasteiger partial charge in [-0.2, -0.15) is 0 Å². The normalized spacial score (nSPS) is 18.5. The molecule has 1 atom stereocenters. The predicted octanol–water partition coefficient (Wildman–Crippen LogP) is 0.730. The number of β-amino-alcohol motifs (C(OH)–C–C–N with tert-alkyl or cyclic N) is 1. The molecule has 4 rings (SSSR count). The Morgan fingerprint density at radius 1 is 1.26 bits per heavy atom. The van der Waals surface area contributed by atoms with Crippen molar-refractivity contribution in [2.45, 2.75) is 18.9 Å². The average Bonchev–Trinajstić information content (AvgIpc) is 2.91. The fourth-order valence-corrected chi connectivity index (χ4v) is 2.97. The van der Waals surface area contributed by atoms with E-state index in [9.17, 15) is 5.11 Å². The third kappa shape index (κ3) is 2.46. The van der Waals surface area contributed by atoms with Crippen molar-refractivity contribution in [3.05, 3.63) is 30.9 Å². The van der Waals surface area contributed by atoms with Crippen LogP contribution in [0, 0.1) is 0 Å². The minimum Gasteiger partial charge on any atom is -0.391 e. The molecule has 1 aliphatic rings. The number of hydrogen-bond donors (Lipinski definition) is 2. The van der Waals surface area contributed by atoms with Crippen molar-refractivity contribution in [1.29, 1.82) is 0 Å². The van der Waals surface area contributed by atoms with Gasteiger partial charge in [0.05, 0.1) is 17.4 Å². The van der Waals surface area contributed by atoms with Gasteiger partial charge in [-0.15, -0.1) is 5.10 Å². The van der Waals surface area contributed by atoms with Gasteiger partial charge in [-0.25, -0.2) is 19.5 Å². The van der Waals surface area contributed by atoms with Crippen LogP contribution in [0.2, 0.25) is 0 Å². The number of anilines is 2. The molecule has 3 aromatic rings. The van der Waals surface area contributed by atoms with Gasteiger partial charge in [0.1, 0.15) is 12.1 Å². The molecule has 0 radical (unpaired) electrons. The second kappa shape index (κ2) is 5.47. The summed E-state index contributed by atoms with van der Waals surface area (Å²) in [6, 6.07) is 3.67. The smallest absolute Gasteiger partial charge is 0.166 e. The van der Waals surface area contributed by atoms with E-state index in [4.69, 9.17) is 5.73 Å². The number of nitrogen functional groups attached to an aromatic ring is 1. The number of aliphatic hydroxyl groups excluding tert-OH is 1. The van der Waals surface area contributed by atoms with E-state index < -0.39 is 0 Å². The van der Waals surface area contributed by atoms with Crippen LogP contribution in [0.15, 0.2) is 30.9 Å². The van der Waals surface area contributed by atoms with Crippen molar-refractivity contribution < 1.29 is 5.11 Å². The first-order valence-corrected chi connectivity index (χ1v) is 7.56. The summed E-state index contributed by atoms with van der Waals surface area (Å²) in [4.78, 5) is 15.1. The lowest BCUT2D eigenvalue weighted by Crippen LogP contribution is -2.38. The van der Waals surface area contributed by atoms with Crippen molar-refractivity contribution in [2.75, 3.05) is 23.7 Å². The number of hydrogen-bond acceptors (Lipinski definition) is 7. The summed E-state index contributed by atoms with van der Waals surface area (Å²) in [5.41, 5.74) is 8.09. The van der Waals surface area contributed by atoms with Crippen LogP contribution in [0.1, 0.15) is 12.8 Å². The molecule has 4 heterocycles. The molecule has 0 spiro atoms. The van der Waals surface area contributed by atoms with Crippen molar-refractivity contribution in [1.82, 2.24) is 24.6 Å². The van der Waals surface area contributed by atoms with Gasteiger partial charge in [-0.3, -0.25) is 0 Å². The first-order valence-electron chi connectivity index (χ1n) is 7.56. The van der Waals surface area contributed by atoms with Crippen LogP contribution < -0.4 is 10.6 Å². The molecule has 1 aliphatic heterocycles. The molecule has 118 valence electrons. The summed E-state index contributed by atoms with van der Waals surface area (Å²) in [6.07, 6.45) is 6.47. The van der Waals surface area contributed by atoms with Gasteiger partial charge < -0.3 is 15.7 Å². The van der Waals surface area contributed by atoms with E-state index in [-0.39, 0.29) is 6.10 Å². The quantitative estimate of drug-likeness (QED) is 0.718. The Bertz CT molecular complexity index is 847. The van der Waals surface area contributed by atoms with Crippen molar-refractivity contribution in [3.8, 4) is 11.3 Å². The highest BCUT2D eigenvalue weighted by Crippen LogP contribution is 2.29. The molecule has 8 nitrogen and oxygen atoms in total. The zero-order valence-electron chi connectivity index (χ0n) is 12.5. The largest absolute Gasteiger partial charge is 0.391 e. The van der Waals surface area contributed by atoms with Crippen molar-refractivity contribution in [2.24, 2.45) is 0 Å². The van der Waals surface area contributed by atoms with E-state index in [1.807, 2.05) is 6.07 Å². The number of nitrogens with two attached hydrogens (primary N) is 1. The molecule has 1 saturated heterocycles. The Morgan fingerprint density at radius 2 is 2.17 bits per heavy atom. The van der Waals surface area contributed by atoms with Gasteiger partial charge >= 0.3 is 0 Å². The molecule has 0 aromatic carbocycles. The second-order valence-electron chi connectivity index (χ2n) is 5.65. The van der Waals surface area contributed by atoms with Gasteiger partial charge in [0, 0.05) is 31.5 Å². The molecule has 3 aromatic heterocycles. The van der Waals surface area contributed by atoms with E-state index in [2.05, 4.69) is 25.0 Å². The third-order valence-corrected chi connectivity index (χ3v) is 4.05. The van der Waals surface area contributed by atoms with Crippen LogP contribution in [0.25, 0.3) is 16.9 Å². The fraction of sp³-hybridized carbons (Fsp3) is 0.333. The fourth-order valence-electron chi connectivity index (χ4n) is 2.97. The molecule has 23 heavy (non-hydrogen) atoms. The highest BCUT2D eigenvalue weighted by molar-refractivity contribution is 5.84. The Labute approximate surface area is 132 Å². The highest BCUT2D eigenvalue weighted by atomic mass is 16.3. The zero-order chi connectivity index (χ0) is 15.8. The van der Waals surface area contributed by atoms with Gasteiger partial charge in [-0.05, 0) is 18.9 Å². The molecule has 1 fully saturated rings. The van der Waals surface area contributed by atoms with Gasteiger partial charge in [0.25, 0.3) is 0 Å². The van der Waals surface area contributed by atoms with Crippen LogP contribution >= 0.6 is 0 Å². The Balaban J connectivity index is 1.77. The molecule has 0 bridgehead atoms. The third-order valence-electron chi connectivity index (χ3n) is 4.05. The molecule has 1 unspecified atom stereocenters. The SMILES string of the molecule is Nc1nn2cccnc2c1-c1cc(N2CCCC(O)C2)ncn1. The van der Waals surface area contributed by atoms with Crippen LogP contribution in [-0.4, -0.2) is 48.9 Å². The number of nitrogens with zero attached hydrogens (tertiary/aromatic N) is 6. The van der Waals surface area contributed by atoms with Gasteiger partial charge in [0.2, 0.25) is 0 Å². The minimum absolute atomic E-state index is 0.314. The maximum atomic E-state index is 9.85. The summed E-state index contributed by atoms with van der Waals surface area (Å²) in [5.74, 6) is 1.16. The summed E-state index contributed by atoms with van der Waals surface area (Å²) < 4.78 is 1.64. The summed E-state index contributed by atoms with van der Waals surface area (Å²) in [7, 11) is 0. The molecule has 8 heteroatoms. The van der Waals surface area contributed by atoms with Crippen LogP contribution in [-0.2, 0) is 0 Å². The summed E-state index contributed by atoms with van der Waals surface area (Å²) >= 11 is 0. The lowest BCUT2D eigenvalue weighted by molar-refractivity contribution is 0.154. The van der Waals surface area contributed by atoms with E-state index >= 15 is 0 Å². The molecular formula is C15H17N7O. The maximum Gasteiger partial charge on any atom is 0.166 e. The molecule has 3 N–H and O–H groups in total. The van der Waals surface area contributed by atoms with Gasteiger partial charge in [-0.1, -0.05) is 0 Å². The monoisotopic (exact) mass is 311 g/mol. The molecular weight excluding hydrogens is 294 g/mol. The Hall–Kier alpha value is -2.74. The Kier molecular flexibility index (Phi) is 3.30. The highest BCUT2D eigenvalue weighted by Gasteiger charge is 2.21. The zero-order valence-corrected chi connectivity index (χ0v) is 12.5. The lowest BCUT2D eigenvalue weighted by atomic mass is 10.1. The Morgan fingerprint density at radius 3 is 3.04 bits per heavy atom. The summed E-state index contributed by atoms with van der Waals surface area (Å²) in [5, 5.41) is 14.1. The number of aromatic nitrogens is 5. The molecule has 0 amide bonds.